The summed E-state index contributed by atoms with van der Waals surface area (Å²) in [6, 6.07) is 15.8. The third kappa shape index (κ3) is 4.60. The molecule has 21 heavy (non-hydrogen) atoms. The monoisotopic (exact) mass is 346 g/mol. The molecule has 0 aliphatic heterocycles. The number of rotatable bonds is 5. The van der Waals surface area contributed by atoms with Gasteiger partial charge in [0.1, 0.15) is 0 Å². The van der Waals surface area contributed by atoms with Crippen molar-refractivity contribution in [3.63, 3.8) is 0 Å². The van der Waals surface area contributed by atoms with E-state index in [4.69, 9.17) is 0 Å². The second kappa shape index (κ2) is 7.27. The van der Waals surface area contributed by atoms with Crippen molar-refractivity contribution in [2.24, 2.45) is 0 Å². The van der Waals surface area contributed by atoms with Crippen LogP contribution in [-0.4, -0.2) is 19.0 Å². The number of nitrogens with one attached hydrogen (secondary N) is 1. The van der Waals surface area contributed by atoms with E-state index in [1.807, 2.05) is 36.4 Å². The Labute approximate surface area is 134 Å². The van der Waals surface area contributed by atoms with E-state index in [1.54, 1.807) is 0 Å². The fraction of sp³-hybridized carbons (Fsp3) is 0.235. The lowest BCUT2D eigenvalue weighted by molar-refractivity contribution is -0.115. The van der Waals surface area contributed by atoms with Gasteiger partial charge < -0.3 is 10.2 Å². The van der Waals surface area contributed by atoms with E-state index < -0.39 is 0 Å². The van der Waals surface area contributed by atoms with E-state index in [2.05, 4.69) is 52.1 Å². The van der Waals surface area contributed by atoms with Crippen molar-refractivity contribution in [2.75, 3.05) is 23.3 Å². The predicted octanol–water partition coefficient (Wildman–Crippen LogP) is 4.22. The number of benzene rings is 2. The SMILES string of the molecule is CCN(CC(=O)Nc1ccc(Br)cc1)c1cccc(C)c1. The van der Waals surface area contributed by atoms with E-state index in [1.165, 1.54) is 5.56 Å². The largest absolute Gasteiger partial charge is 0.362 e. The molecule has 0 saturated heterocycles. The highest BCUT2D eigenvalue weighted by molar-refractivity contribution is 9.10. The molecule has 0 atom stereocenters. The minimum absolute atomic E-state index is 0.0133. The standard InChI is InChI=1S/C17H19BrN2O/c1-3-20(16-6-4-5-13(2)11-16)12-17(21)19-15-9-7-14(18)8-10-15/h4-11H,3,12H2,1-2H3,(H,19,21). The van der Waals surface area contributed by atoms with Gasteiger partial charge in [0.25, 0.3) is 0 Å². The number of aryl methyl sites for hydroxylation is 1. The van der Waals surface area contributed by atoms with Crippen LogP contribution in [0.5, 0.6) is 0 Å². The minimum atomic E-state index is -0.0133. The third-order valence-corrected chi connectivity index (χ3v) is 3.74. The number of nitrogens with zero attached hydrogens (tertiary/aromatic N) is 1. The van der Waals surface area contributed by atoms with Crippen LogP contribution in [0.2, 0.25) is 0 Å². The molecule has 0 aromatic heterocycles. The van der Waals surface area contributed by atoms with Crippen LogP contribution < -0.4 is 10.2 Å². The minimum Gasteiger partial charge on any atom is -0.362 e. The van der Waals surface area contributed by atoms with Crippen molar-refractivity contribution in [1.29, 1.82) is 0 Å². The Kier molecular flexibility index (Phi) is 5.39. The van der Waals surface area contributed by atoms with Gasteiger partial charge in [-0.3, -0.25) is 4.79 Å². The van der Waals surface area contributed by atoms with Gasteiger partial charge in [-0.1, -0.05) is 28.1 Å². The predicted molar refractivity (Wildman–Crippen MR) is 91.8 cm³/mol. The molecule has 0 heterocycles. The van der Waals surface area contributed by atoms with Gasteiger partial charge in [-0.2, -0.15) is 0 Å². The highest BCUT2D eigenvalue weighted by atomic mass is 79.9. The summed E-state index contributed by atoms with van der Waals surface area (Å²) < 4.78 is 0.996. The maximum Gasteiger partial charge on any atom is 0.243 e. The number of halogens is 1. The van der Waals surface area contributed by atoms with E-state index in [-0.39, 0.29) is 5.91 Å². The topological polar surface area (TPSA) is 32.3 Å². The van der Waals surface area contributed by atoms with Crippen molar-refractivity contribution >= 4 is 33.2 Å². The van der Waals surface area contributed by atoms with Crippen LogP contribution in [0.3, 0.4) is 0 Å². The molecular formula is C17H19BrN2O. The molecule has 0 fully saturated rings. The van der Waals surface area contributed by atoms with E-state index in [0.29, 0.717) is 6.54 Å². The highest BCUT2D eigenvalue weighted by Gasteiger charge is 2.10. The summed E-state index contributed by atoms with van der Waals surface area (Å²) >= 11 is 3.38. The van der Waals surface area contributed by atoms with Crippen LogP contribution in [0.15, 0.2) is 53.0 Å². The molecule has 4 heteroatoms. The fourth-order valence-electron chi connectivity index (χ4n) is 2.12. The first-order chi connectivity index (χ1) is 10.1. The number of carbonyl (C=O) groups is 1. The lowest BCUT2D eigenvalue weighted by Gasteiger charge is -2.22. The van der Waals surface area contributed by atoms with Gasteiger partial charge in [0.05, 0.1) is 6.54 Å². The molecule has 2 aromatic carbocycles. The average Bonchev–Trinajstić information content (AvgIpc) is 2.47. The molecule has 110 valence electrons. The Morgan fingerprint density at radius 3 is 2.52 bits per heavy atom. The van der Waals surface area contributed by atoms with Gasteiger partial charge >= 0.3 is 0 Å². The number of likely N-dealkylation sites (N-methyl/N-ethyl adjacent to an activating group) is 1. The van der Waals surface area contributed by atoms with Crippen molar-refractivity contribution in [3.8, 4) is 0 Å². The Balaban J connectivity index is 2.01. The smallest absolute Gasteiger partial charge is 0.243 e. The highest BCUT2D eigenvalue weighted by Crippen LogP contribution is 2.17. The number of anilines is 2. The summed E-state index contributed by atoms with van der Waals surface area (Å²) in [7, 11) is 0. The second-order valence-corrected chi connectivity index (χ2v) is 5.82. The number of amides is 1. The fourth-order valence-corrected chi connectivity index (χ4v) is 2.38. The van der Waals surface area contributed by atoms with Crippen LogP contribution in [0.4, 0.5) is 11.4 Å². The summed E-state index contributed by atoms with van der Waals surface area (Å²) in [6.07, 6.45) is 0. The molecule has 0 radical (unpaired) electrons. The third-order valence-electron chi connectivity index (χ3n) is 3.21. The summed E-state index contributed by atoms with van der Waals surface area (Å²) in [6.45, 7) is 5.24. The van der Waals surface area contributed by atoms with E-state index in [9.17, 15) is 4.79 Å². The van der Waals surface area contributed by atoms with Gasteiger partial charge in [-0.05, 0) is 55.8 Å². The van der Waals surface area contributed by atoms with Gasteiger partial charge in [0.15, 0.2) is 0 Å². The van der Waals surface area contributed by atoms with Crippen molar-refractivity contribution in [2.45, 2.75) is 13.8 Å². The zero-order valence-corrected chi connectivity index (χ0v) is 13.9. The first-order valence-corrected chi connectivity index (χ1v) is 7.75. The first-order valence-electron chi connectivity index (χ1n) is 6.95. The molecule has 0 bridgehead atoms. The molecule has 0 saturated carbocycles. The van der Waals surface area contributed by atoms with Crippen LogP contribution >= 0.6 is 15.9 Å². The Morgan fingerprint density at radius 1 is 1.19 bits per heavy atom. The summed E-state index contributed by atoms with van der Waals surface area (Å²) in [4.78, 5) is 14.2. The van der Waals surface area contributed by atoms with Crippen molar-refractivity contribution in [3.05, 3.63) is 58.6 Å². The summed E-state index contributed by atoms with van der Waals surface area (Å²) in [5.41, 5.74) is 3.08. The van der Waals surface area contributed by atoms with Crippen LogP contribution in [0.1, 0.15) is 12.5 Å². The second-order valence-electron chi connectivity index (χ2n) is 4.91. The van der Waals surface area contributed by atoms with E-state index in [0.717, 1.165) is 22.4 Å². The molecule has 1 N–H and O–H groups in total. The van der Waals surface area contributed by atoms with Crippen LogP contribution in [0.25, 0.3) is 0 Å². The quantitative estimate of drug-likeness (QED) is 0.878. The average molecular weight is 347 g/mol. The zero-order chi connectivity index (χ0) is 15.2. The molecule has 2 rings (SSSR count). The Hall–Kier alpha value is -1.81. The summed E-state index contributed by atoms with van der Waals surface area (Å²) in [5, 5.41) is 2.92. The van der Waals surface area contributed by atoms with Gasteiger partial charge in [0.2, 0.25) is 5.91 Å². The normalized spacial score (nSPS) is 10.2. The molecule has 1 amide bonds. The van der Waals surface area contributed by atoms with Crippen LogP contribution in [0, 0.1) is 6.92 Å². The maximum atomic E-state index is 12.2. The van der Waals surface area contributed by atoms with Gasteiger partial charge in [-0.15, -0.1) is 0 Å². The lowest BCUT2D eigenvalue weighted by atomic mass is 10.2. The van der Waals surface area contributed by atoms with Gasteiger partial charge in [0, 0.05) is 22.4 Å². The molecular weight excluding hydrogens is 328 g/mol. The molecule has 3 nitrogen and oxygen atoms in total. The van der Waals surface area contributed by atoms with Gasteiger partial charge in [-0.25, -0.2) is 0 Å². The molecule has 0 aliphatic rings. The van der Waals surface area contributed by atoms with Crippen molar-refractivity contribution in [1.82, 2.24) is 0 Å². The van der Waals surface area contributed by atoms with Crippen LogP contribution in [-0.2, 0) is 4.79 Å². The molecule has 0 aliphatic carbocycles. The zero-order valence-electron chi connectivity index (χ0n) is 12.3. The van der Waals surface area contributed by atoms with E-state index >= 15 is 0 Å². The van der Waals surface area contributed by atoms with Crippen molar-refractivity contribution < 1.29 is 4.79 Å². The lowest BCUT2D eigenvalue weighted by Crippen LogP contribution is -2.33. The maximum absolute atomic E-state index is 12.2. The molecule has 0 spiro atoms. The Morgan fingerprint density at radius 2 is 1.90 bits per heavy atom. The number of hydrogen-bond acceptors (Lipinski definition) is 2. The Bertz CT molecular complexity index is 610. The number of hydrogen-bond donors (Lipinski definition) is 1. The first kappa shape index (κ1) is 15.6. The number of carbonyl (C=O) groups excluding carboxylic acids is 1. The summed E-state index contributed by atoms with van der Waals surface area (Å²) in [5.74, 6) is -0.0133. The molecule has 0 unspecified atom stereocenters. The molecule has 2 aromatic rings.